The number of piperidine rings is 2. The van der Waals surface area contributed by atoms with Crippen LogP contribution in [0.1, 0.15) is 72.1 Å². The molecule has 4 atom stereocenters. The van der Waals surface area contributed by atoms with Crippen LogP contribution in [0.25, 0.3) is 0 Å². The molecule has 0 aromatic rings. The van der Waals surface area contributed by atoms with E-state index < -0.39 is 0 Å². The molecule has 2 bridgehead atoms. The Bertz CT molecular complexity index is 416. The van der Waals surface area contributed by atoms with Crippen LogP contribution < -0.4 is 0 Å². The molecule has 0 spiro atoms. The first-order valence-corrected chi connectivity index (χ1v) is 9.92. The predicted octanol–water partition coefficient (Wildman–Crippen LogP) is 4.15. The van der Waals surface area contributed by atoms with Crippen LogP contribution in [0, 0.1) is 16.7 Å². The van der Waals surface area contributed by atoms with Crippen LogP contribution in [-0.2, 0) is 0 Å². The Morgan fingerprint density at radius 3 is 2.64 bits per heavy atom. The van der Waals surface area contributed by atoms with Gasteiger partial charge in [-0.2, -0.15) is 0 Å². The summed E-state index contributed by atoms with van der Waals surface area (Å²) in [5.41, 5.74) is 1.17. The fourth-order valence-electron chi connectivity index (χ4n) is 6.88. The minimum atomic E-state index is 0.565. The van der Waals surface area contributed by atoms with Crippen molar-refractivity contribution >= 4 is 0 Å². The maximum absolute atomic E-state index is 2.93. The highest BCUT2D eigenvalue weighted by molar-refractivity contribution is 5.03. The van der Waals surface area contributed by atoms with Crippen molar-refractivity contribution in [2.75, 3.05) is 26.2 Å². The Morgan fingerprint density at radius 1 is 0.955 bits per heavy atom. The number of hydrogen-bond acceptors (Lipinski definition) is 2. The van der Waals surface area contributed by atoms with Crippen molar-refractivity contribution < 1.29 is 0 Å². The summed E-state index contributed by atoms with van der Waals surface area (Å²) < 4.78 is 0. The van der Waals surface area contributed by atoms with Crippen LogP contribution in [0.3, 0.4) is 0 Å². The Balaban J connectivity index is 1.45. The number of rotatable bonds is 2. The van der Waals surface area contributed by atoms with E-state index in [4.69, 9.17) is 0 Å². The molecular formula is C20H36N2. The van der Waals surface area contributed by atoms with Crippen LogP contribution in [0.5, 0.6) is 0 Å². The molecule has 4 fully saturated rings. The van der Waals surface area contributed by atoms with Crippen molar-refractivity contribution in [1.82, 2.24) is 9.80 Å². The molecular weight excluding hydrogens is 268 g/mol. The molecule has 1 saturated carbocycles. The predicted molar refractivity (Wildman–Crippen MR) is 93.0 cm³/mol. The minimum absolute atomic E-state index is 0.565. The van der Waals surface area contributed by atoms with E-state index in [9.17, 15) is 0 Å². The van der Waals surface area contributed by atoms with Gasteiger partial charge in [-0.1, -0.05) is 27.2 Å². The minimum Gasteiger partial charge on any atom is -0.300 e. The second kappa shape index (κ2) is 5.48. The Kier molecular flexibility index (Phi) is 3.85. The van der Waals surface area contributed by atoms with Crippen molar-refractivity contribution in [3.63, 3.8) is 0 Å². The number of hydrogen-bond donors (Lipinski definition) is 0. The third-order valence-corrected chi connectivity index (χ3v) is 7.22. The van der Waals surface area contributed by atoms with E-state index in [-0.39, 0.29) is 0 Å². The van der Waals surface area contributed by atoms with Crippen molar-refractivity contribution in [3.05, 3.63) is 0 Å². The first kappa shape index (κ1) is 15.4. The molecule has 0 amide bonds. The molecule has 2 nitrogen and oxygen atoms in total. The normalized spacial score (nSPS) is 45.7. The summed E-state index contributed by atoms with van der Waals surface area (Å²) in [4.78, 5) is 5.77. The monoisotopic (exact) mass is 304 g/mol. The summed E-state index contributed by atoms with van der Waals surface area (Å²) in [6, 6.07) is 1.80. The maximum Gasteiger partial charge on any atom is 0.0136 e. The van der Waals surface area contributed by atoms with Crippen LogP contribution >= 0.6 is 0 Å². The molecule has 0 N–H and O–H groups in total. The molecule has 2 heteroatoms. The molecule has 0 radical (unpaired) electrons. The molecule has 4 rings (SSSR count). The fraction of sp³-hybridized carbons (Fsp3) is 1.00. The molecule has 22 heavy (non-hydrogen) atoms. The molecule has 3 aliphatic heterocycles. The van der Waals surface area contributed by atoms with E-state index in [0.29, 0.717) is 10.8 Å². The Hall–Kier alpha value is -0.0800. The molecule has 4 aliphatic rings. The number of fused-ring (bicyclic) bond motifs is 3. The third-order valence-electron chi connectivity index (χ3n) is 7.22. The molecule has 1 aliphatic carbocycles. The highest BCUT2D eigenvalue weighted by Gasteiger charge is 2.50. The average Bonchev–Trinajstić information content (AvgIpc) is 2.68. The van der Waals surface area contributed by atoms with Gasteiger partial charge in [0.15, 0.2) is 0 Å². The van der Waals surface area contributed by atoms with Gasteiger partial charge in [-0.3, -0.25) is 4.90 Å². The number of likely N-dealkylation sites (tertiary alicyclic amines) is 1. The van der Waals surface area contributed by atoms with Gasteiger partial charge >= 0.3 is 0 Å². The lowest BCUT2D eigenvalue weighted by molar-refractivity contribution is 0.0357. The van der Waals surface area contributed by atoms with Crippen LogP contribution in [-0.4, -0.2) is 48.1 Å². The van der Waals surface area contributed by atoms with Gasteiger partial charge in [0.25, 0.3) is 0 Å². The van der Waals surface area contributed by atoms with E-state index >= 15 is 0 Å². The quantitative estimate of drug-likeness (QED) is 0.756. The van der Waals surface area contributed by atoms with Gasteiger partial charge in [0.1, 0.15) is 0 Å². The van der Waals surface area contributed by atoms with E-state index in [0.717, 1.165) is 18.0 Å². The van der Waals surface area contributed by atoms with Gasteiger partial charge < -0.3 is 4.90 Å². The molecule has 3 saturated heterocycles. The smallest absolute Gasteiger partial charge is 0.0136 e. The van der Waals surface area contributed by atoms with E-state index in [1.807, 2.05) is 0 Å². The van der Waals surface area contributed by atoms with Gasteiger partial charge in [-0.15, -0.1) is 0 Å². The highest BCUT2D eigenvalue weighted by Crippen LogP contribution is 2.52. The van der Waals surface area contributed by atoms with E-state index in [2.05, 4.69) is 30.6 Å². The SMILES string of the molecule is CC1(C)C[C@H]2C[C@@](C)(CN2C[C@@H]2CCCN3CCCC[C@H]23)C1. The Labute approximate surface area is 137 Å². The zero-order valence-corrected chi connectivity index (χ0v) is 15.1. The summed E-state index contributed by atoms with van der Waals surface area (Å²) in [7, 11) is 0. The summed E-state index contributed by atoms with van der Waals surface area (Å²) in [6.45, 7) is 13.1. The van der Waals surface area contributed by atoms with Gasteiger partial charge in [0.2, 0.25) is 0 Å². The van der Waals surface area contributed by atoms with Crippen molar-refractivity contribution in [3.8, 4) is 0 Å². The standard InChI is InChI=1S/C20H36N2/c1-19(2)11-17-12-20(3,14-19)15-22(17)13-16-7-6-10-21-9-5-4-8-18(16)21/h16-18H,4-15H2,1-3H3/t16-,17-,18+,20+/m0/s1. The summed E-state index contributed by atoms with van der Waals surface area (Å²) in [6.07, 6.45) is 11.7. The highest BCUT2D eigenvalue weighted by atomic mass is 15.2. The average molecular weight is 305 g/mol. The van der Waals surface area contributed by atoms with Gasteiger partial charge in [-0.25, -0.2) is 0 Å². The maximum atomic E-state index is 2.93. The van der Waals surface area contributed by atoms with Crippen molar-refractivity contribution in [2.45, 2.75) is 84.2 Å². The van der Waals surface area contributed by atoms with Gasteiger partial charge in [0.05, 0.1) is 0 Å². The Morgan fingerprint density at radius 2 is 1.77 bits per heavy atom. The summed E-state index contributed by atoms with van der Waals surface area (Å²) >= 11 is 0. The lowest BCUT2D eigenvalue weighted by Gasteiger charge is -2.46. The van der Waals surface area contributed by atoms with E-state index in [1.54, 1.807) is 0 Å². The molecule has 0 unspecified atom stereocenters. The first-order chi connectivity index (χ1) is 10.4. The first-order valence-electron chi connectivity index (χ1n) is 9.92. The van der Waals surface area contributed by atoms with Crippen molar-refractivity contribution in [1.29, 1.82) is 0 Å². The fourth-order valence-corrected chi connectivity index (χ4v) is 6.88. The van der Waals surface area contributed by atoms with Crippen LogP contribution in [0.4, 0.5) is 0 Å². The lowest BCUT2D eigenvalue weighted by Crippen LogP contribution is -2.51. The largest absolute Gasteiger partial charge is 0.300 e. The summed E-state index contributed by atoms with van der Waals surface area (Å²) in [5.74, 6) is 0.958. The van der Waals surface area contributed by atoms with E-state index in [1.165, 1.54) is 77.5 Å². The second-order valence-corrected chi connectivity index (χ2v) is 10.1. The lowest BCUT2D eigenvalue weighted by atomic mass is 9.65. The van der Waals surface area contributed by atoms with Crippen molar-refractivity contribution in [2.24, 2.45) is 16.7 Å². The molecule has 126 valence electrons. The van der Waals surface area contributed by atoms with Gasteiger partial charge in [-0.05, 0) is 74.8 Å². The van der Waals surface area contributed by atoms with Crippen LogP contribution in [0.15, 0.2) is 0 Å². The zero-order valence-electron chi connectivity index (χ0n) is 15.1. The second-order valence-electron chi connectivity index (χ2n) is 10.1. The van der Waals surface area contributed by atoms with Crippen LogP contribution in [0.2, 0.25) is 0 Å². The molecule has 3 heterocycles. The van der Waals surface area contributed by atoms with Gasteiger partial charge in [0, 0.05) is 25.2 Å². The zero-order chi connectivity index (χ0) is 15.4. The third kappa shape index (κ3) is 2.86. The molecule has 0 aromatic heterocycles. The summed E-state index contributed by atoms with van der Waals surface area (Å²) in [5, 5.41) is 0. The number of nitrogens with zero attached hydrogens (tertiary/aromatic N) is 2. The topological polar surface area (TPSA) is 6.48 Å². The molecule has 0 aromatic carbocycles.